The second-order valence-electron chi connectivity index (χ2n) is 4.59. The summed E-state index contributed by atoms with van der Waals surface area (Å²) in [7, 11) is 0. The molecule has 0 atom stereocenters. The van der Waals surface area contributed by atoms with Crippen LogP contribution in [0.25, 0.3) is 27.6 Å². The average molecular weight is 374 g/mol. The van der Waals surface area contributed by atoms with Crippen molar-refractivity contribution in [1.82, 2.24) is 0 Å². The third-order valence-corrected chi connectivity index (χ3v) is 3.69. The summed E-state index contributed by atoms with van der Waals surface area (Å²) in [6.45, 7) is 0. The van der Waals surface area contributed by atoms with E-state index in [2.05, 4.69) is 60.7 Å². The van der Waals surface area contributed by atoms with Crippen LogP contribution in [0.1, 0.15) is 11.1 Å². The summed E-state index contributed by atoms with van der Waals surface area (Å²) in [5, 5.41) is 5.54. The van der Waals surface area contributed by atoms with Crippen LogP contribution in [0.2, 0.25) is 0 Å². The minimum absolute atomic E-state index is 0. The molecule has 0 saturated heterocycles. The Kier molecular flexibility index (Phi) is 8.03. The summed E-state index contributed by atoms with van der Waals surface area (Å²) in [5.74, 6) is 0. The molecular weight excluding hydrogens is 358 g/mol. The molecule has 0 saturated carbocycles. The molecule has 0 N–H and O–H groups in total. The van der Waals surface area contributed by atoms with Crippen molar-refractivity contribution in [2.45, 2.75) is 6.42 Å². The van der Waals surface area contributed by atoms with Crippen LogP contribution in [0, 0.1) is 0 Å². The molecule has 0 fully saturated rings. The number of fused-ring (bicyclic) bond motifs is 6. The number of halogens is 3. The van der Waals surface area contributed by atoms with Crippen LogP contribution in [0.5, 0.6) is 0 Å². The second kappa shape index (κ2) is 8.22. The molecule has 0 unspecified atom stereocenters. The Morgan fingerprint density at radius 2 is 1.10 bits per heavy atom. The SMILES string of the molecule is C1=Cc2c(c3ccccc3c3ccccc23)C1.Cl.Cl.Cl.[Ti]. The minimum Gasteiger partial charge on any atom is -0.147 e. The van der Waals surface area contributed by atoms with Crippen LogP contribution in [-0.2, 0) is 28.1 Å². The Bertz CT molecular complexity index is 781. The first-order valence-corrected chi connectivity index (χ1v) is 6.04. The first-order valence-electron chi connectivity index (χ1n) is 6.04. The molecule has 0 nitrogen and oxygen atoms in total. The summed E-state index contributed by atoms with van der Waals surface area (Å²) in [4.78, 5) is 0. The summed E-state index contributed by atoms with van der Waals surface area (Å²) >= 11 is 0. The van der Waals surface area contributed by atoms with E-state index in [1.165, 1.54) is 32.7 Å². The van der Waals surface area contributed by atoms with Gasteiger partial charge in [0.15, 0.2) is 0 Å². The number of rotatable bonds is 0. The third-order valence-electron chi connectivity index (χ3n) is 3.69. The molecule has 3 aromatic carbocycles. The van der Waals surface area contributed by atoms with Gasteiger partial charge in [0, 0.05) is 21.7 Å². The minimum atomic E-state index is 0. The summed E-state index contributed by atoms with van der Waals surface area (Å²) in [6, 6.07) is 17.5. The molecule has 4 heteroatoms. The molecule has 0 bridgehead atoms. The predicted octanol–water partition coefficient (Wildman–Crippen LogP) is 5.83. The zero-order valence-electron chi connectivity index (χ0n) is 11.2. The Hall–Kier alpha value is -0.496. The van der Waals surface area contributed by atoms with Crippen molar-refractivity contribution < 1.29 is 21.7 Å². The average Bonchev–Trinajstić information content (AvgIpc) is 2.89. The molecule has 0 amide bonds. The first-order chi connectivity index (χ1) is 8.45. The van der Waals surface area contributed by atoms with Gasteiger partial charge in [0.25, 0.3) is 0 Å². The van der Waals surface area contributed by atoms with E-state index in [4.69, 9.17) is 0 Å². The van der Waals surface area contributed by atoms with E-state index < -0.39 is 0 Å². The van der Waals surface area contributed by atoms with Crippen molar-refractivity contribution in [3.05, 3.63) is 65.7 Å². The van der Waals surface area contributed by atoms with Gasteiger partial charge in [-0.05, 0) is 39.1 Å². The molecule has 21 heavy (non-hydrogen) atoms. The van der Waals surface area contributed by atoms with E-state index in [1.54, 1.807) is 0 Å². The van der Waals surface area contributed by atoms with Crippen LogP contribution in [0.15, 0.2) is 54.6 Å². The predicted molar refractivity (Wildman–Crippen MR) is 95.9 cm³/mol. The third kappa shape index (κ3) is 3.16. The molecule has 1 aliphatic carbocycles. The van der Waals surface area contributed by atoms with Crippen molar-refractivity contribution in [2.24, 2.45) is 0 Å². The Morgan fingerprint density at radius 1 is 0.619 bits per heavy atom. The van der Waals surface area contributed by atoms with Gasteiger partial charge < -0.3 is 0 Å². The molecule has 3 aromatic rings. The molecule has 0 aromatic heterocycles. The van der Waals surface area contributed by atoms with E-state index in [-0.39, 0.29) is 58.9 Å². The largest absolute Gasteiger partial charge is 0.147 e. The summed E-state index contributed by atoms with van der Waals surface area (Å²) in [6.07, 6.45) is 5.61. The van der Waals surface area contributed by atoms with E-state index in [0.717, 1.165) is 6.42 Å². The fraction of sp³-hybridized carbons (Fsp3) is 0.0588. The van der Waals surface area contributed by atoms with Gasteiger partial charge in [-0.15, -0.1) is 37.2 Å². The molecular formula is C17H15Cl3Ti. The molecule has 108 valence electrons. The van der Waals surface area contributed by atoms with E-state index >= 15 is 0 Å². The number of benzene rings is 3. The van der Waals surface area contributed by atoms with Gasteiger partial charge in [-0.3, -0.25) is 0 Å². The van der Waals surface area contributed by atoms with Crippen molar-refractivity contribution in [1.29, 1.82) is 0 Å². The number of hydrogen-bond donors (Lipinski definition) is 0. The summed E-state index contributed by atoms with van der Waals surface area (Å²) < 4.78 is 0. The standard InChI is InChI=1S/C17H12.3ClH.Ti/c1-3-8-14-12(6-1)13-7-2-4-9-15(13)17-11-5-10-16(14)17;;;;/h1-10H,11H2;3*1H;. The molecule has 0 heterocycles. The van der Waals surface area contributed by atoms with Gasteiger partial charge in [-0.25, -0.2) is 0 Å². The Balaban J connectivity index is 0.000001000. The van der Waals surface area contributed by atoms with Crippen LogP contribution in [-0.4, -0.2) is 0 Å². The quantitative estimate of drug-likeness (QED) is 0.344. The second-order valence-corrected chi connectivity index (χ2v) is 4.59. The van der Waals surface area contributed by atoms with E-state index in [9.17, 15) is 0 Å². The number of hydrogen-bond acceptors (Lipinski definition) is 0. The maximum Gasteiger partial charge on any atom is 0 e. The number of allylic oxidation sites excluding steroid dienone is 1. The molecule has 0 radical (unpaired) electrons. The van der Waals surface area contributed by atoms with Crippen LogP contribution in [0.4, 0.5) is 0 Å². The fourth-order valence-corrected chi connectivity index (χ4v) is 2.95. The Morgan fingerprint density at radius 3 is 1.71 bits per heavy atom. The van der Waals surface area contributed by atoms with Crippen LogP contribution in [0.3, 0.4) is 0 Å². The topological polar surface area (TPSA) is 0 Å². The Labute approximate surface area is 158 Å². The fourth-order valence-electron chi connectivity index (χ4n) is 2.95. The zero-order chi connectivity index (χ0) is 11.2. The van der Waals surface area contributed by atoms with Crippen LogP contribution < -0.4 is 0 Å². The molecule has 1 aliphatic rings. The first kappa shape index (κ1) is 20.5. The summed E-state index contributed by atoms with van der Waals surface area (Å²) in [5.41, 5.74) is 2.90. The van der Waals surface area contributed by atoms with Gasteiger partial charge in [0.05, 0.1) is 0 Å². The maximum absolute atomic E-state index is 2.27. The zero-order valence-corrected chi connectivity index (χ0v) is 15.2. The van der Waals surface area contributed by atoms with Gasteiger partial charge in [-0.2, -0.15) is 0 Å². The van der Waals surface area contributed by atoms with Crippen molar-refractivity contribution in [3.8, 4) is 0 Å². The van der Waals surface area contributed by atoms with E-state index in [1.807, 2.05) is 0 Å². The van der Waals surface area contributed by atoms with Crippen molar-refractivity contribution >= 4 is 64.8 Å². The van der Waals surface area contributed by atoms with Crippen molar-refractivity contribution in [3.63, 3.8) is 0 Å². The molecule has 4 rings (SSSR count). The smallest absolute Gasteiger partial charge is 0 e. The van der Waals surface area contributed by atoms with E-state index in [0.29, 0.717) is 0 Å². The van der Waals surface area contributed by atoms with Gasteiger partial charge in [-0.1, -0.05) is 60.7 Å². The van der Waals surface area contributed by atoms with Gasteiger partial charge in [0.2, 0.25) is 0 Å². The molecule has 0 spiro atoms. The van der Waals surface area contributed by atoms with Crippen LogP contribution >= 0.6 is 37.2 Å². The van der Waals surface area contributed by atoms with Gasteiger partial charge in [0.1, 0.15) is 0 Å². The maximum atomic E-state index is 2.27. The molecule has 0 aliphatic heterocycles. The van der Waals surface area contributed by atoms with Gasteiger partial charge >= 0.3 is 0 Å². The van der Waals surface area contributed by atoms with Crippen molar-refractivity contribution in [2.75, 3.05) is 0 Å². The monoisotopic (exact) mass is 372 g/mol. The normalized spacial score (nSPS) is 10.9.